The topological polar surface area (TPSA) is 6.48 Å². The molecule has 0 heterocycles. The molecule has 0 aromatic rings. The zero-order valence-electron chi connectivity index (χ0n) is 22.2. The van der Waals surface area contributed by atoms with Gasteiger partial charge in [0.2, 0.25) is 0 Å². The molecular weight excluding hydrogens is 364 g/mol. The second-order valence-corrected chi connectivity index (χ2v) is 10.2. The minimum atomic E-state index is 0.385. The van der Waals surface area contributed by atoms with Gasteiger partial charge in [0, 0.05) is 5.54 Å². The molecule has 182 valence electrons. The van der Waals surface area contributed by atoms with Gasteiger partial charge in [0.25, 0.3) is 0 Å². The number of hydrogen-bond donors (Lipinski definition) is 0. The Kier molecular flexibility index (Phi) is 20.7. The Morgan fingerprint density at radius 2 is 0.900 bits per heavy atom. The van der Waals surface area contributed by atoms with E-state index < -0.39 is 0 Å². The van der Waals surface area contributed by atoms with Crippen LogP contribution in [0.15, 0.2) is 0 Å². The third-order valence-corrected chi connectivity index (χ3v) is 6.98. The van der Waals surface area contributed by atoms with Crippen LogP contribution >= 0.6 is 0 Å². The standard InChI is InChI=1S/C28H60N2/c1-7-25-29(9-3)27-23-21-19-17-15-13-11-12-14-16-18-20-22-24-28(5,6)30(10-4)26-8-2/h7-27H2,1-6H3. The highest BCUT2D eigenvalue weighted by Crippen LogP contribution is 2.23. The Morgan fingerprint density at radius 1 is 0.467 bits per heavy atom. The van der Waals surface area contributed by atoms with Crippen molar-refractivity contribution in [1.29, 1.82) is 0 Å². The summed E-state index contributed by atoms with van der Waals surface area (Å²) in [5, 5.41) is 0. The summed E-state index contributed by atoms with van der Waals surface area (Å²) in [6, 6.07) is 0. The van der Waals surface area contributed by atoms with E-state index in [1.54, 1.807) is 0 Å². The first-order chi connectivity index (χ1) is 14.5. The molecule has 0 aliphatic carbocycles. The van der Waals surface area contributed by atoms with Crippen LogP contribution in [0.2, 0.25) is 0 Å². The quantitative estimate of drug-likeness (QED) is 0.151. The molecule has 0 radical (unpaired) electrons. The first-order valence-electron chi connectivity index (χ1n) is 14.0. The average Bonchev–Trinajstić information content (AvgIpc) is 2.73. The Labute approximate surface area is 192 Å². The lowest BCUT2D eigenvalue weighted by Crippen LogP contribution is -2.44. The van der Waals surface area contributed by atoms with Crippen LogP contribution in [0, 0.1) is 0 Å². The molecule has 0 N–H and O–H groups in total. The van der Waals surface area contributed by atoms with Gasteiger partial charge < -0.3 is 4.90 Å². The fourth-order valence-corrected chi connectivity index (χ4v) is 4.90. The second-order valence-electron chi connectivity index (χ2n) is 10.2. The van der Waals surface area contributed by atoms with Gasteiger partial charge >= 0.3 is 0 Å². The van der Waals surface area contributed by atoms with Gasteiger partial charge in [-0.15, -0.1) is 0 Å². The van der Waals surface area contributed by atoms with Crippen LogP contribution in [0.4, 0.5) is 0 Å². The molecular formula is C28H60N2. The van der Waals surface area contributed by atoms with Crippen LogP contribution in [0.1, 0.15) is 144 Å². The normalized spacial score (nSPS) is 12.4. The average molecular weight is 425 g/mol. The van der Waals surface area contributed by atoms with Crippen LogP contribution in [-0.2, 0) is 0 Å². The highest BCUT2D eigenvalue weighted by Gasteiger charge is 2.23. The molecule has 0 aromatic heterocycles. The molecule has 0 fully saturated rings. The van der Waals surface area contributed by atoms with E-state index in [-0.39, 0.29) is 0 Å². The summed E-state index contributed by atoms with van der Waals surface area (Å²) in [6.07, 6.45) is 22.7. The predicted octanol–water partition coefficient (Wildman–Crippen LogP) is 8.69. The van der Waals surface area contributed by atoms with E-state index in [4.69, 9.17) is 0 Å². The van der Waals surface area contributed by atoms with Crippen molar-refractivity contribution in [3.8, 4) is 0 Å². The van der Waals surface area contributed by atoms with Crippen molar-refractivity contribution in [3.05, 3.63) is 0 Å². The summed E-state index contributed by atoms with van der Waals surface area (Å²) < 4.78 is 0. The predicted molar refractivity (Wildman–Crippen MR) is 139 cm³/mol. The van der Waals surface area contributed by atoms with E-state index in [2.05, 4.69) is 51.3 Å². The lowest BCUT2D eigenvalue weighted by Gasteiger charge is -2.38. The minimum absolute atomic E-state index is 0.385. The molecule has 0 aromatic carbocycles. The molecule has 0 saturated heterocycles. The summed E-state index contributed by atoms with van der Waals surface area (Å²) >= 11 is 0. The lowest BCUT2D eigenvalue weighted by atomic mass is 9.93. The summed E-state index contributed by atoms with van der Waals surface area (Å²) in [5.41, 5.74) is 0.385. The first kappa shape index (κ1) is 29.9. The molecule has 0 aliphatic rings. The van der Waals surface area contributed by atoms with E-state index in [0.29, 0.717) is 5.54 Å². The van der Waals surface area contributed by atoms with Gasteiger partial charge in [0.15, 0.2) is 0 Å². The second kappa shape index (κ2) is 20.8. The Morgan fingerprint density at radius 3 is 1.30 bits per heavy atom. The fraction of sp³-hybridized carbons (Fsp3) is 1.00. The van der Waals surface area contributed by atoms with Crippen LogP contribution < -0.4 is 0 Å². The Hall–Kier alpha value is -0.0800. The molecule has 30 heavy (non-hydrogen) atoms. The summed E-state index contributed by atoms with van der Waals surface area (Å²) in [7, 11) is 0. The molecule has 2 nitrogen and oxygen atoms in total. The van der Waals surface area contributed by atoms with Gasteiger partial charge in [0.05, 0.1) is 0 Å². The molecule has 0 aliphatic heterocycles. The molecule has 2 heteroatoms. The molecule has 0 saturated carbocycles. The van der Waals surface area contributed by atoms with E-state index in [1.165, 1.54) is 135 Å². The molecule has 0 rings (SSSR count). The van der Waals surface area contributed by atoms with Crippen molar-refractivity contribution in [2.45, 2.75) is 150 Å². The third kappa shape index (κ3) is 16.6. The SMILES string of the molecule is CCCN(CC)CCCCCCCCCCCCCCCC(C)(C)N(CC)CCC. The fourth-order valence-electron chi connectivity index (χ4n) is 4.90. The van der Waals surface area contributed by atoms with Gasteiger partial charge in [-0.1, -0.05) is 105 Å². The number of hydrogen-bond acceptors (Lipinski definition) is 2. The summed E-state index contributed by atoms with van der Waals surface area (Å²) in [4.78, 5) is 5.27. The van der Waals surface area contributed by atoms with Gasteiger partial charge in [-0.05, 0) is 72.3 Å². The van der Waals surface area contributed by atoms with E-state index in [1.807, 2.05) is 0 Å². The van der Waals surface area contributed by atoms with Gasteiger partial charge in [-0.2, -0.15) is 0 Å². The molecule has 0 unspecified atom stereocenters. The smallest absolute Gasteiger partial charge is 0.0153 e. The van der Waals surface area contributed by atoms with E-state index in [9.17, 15) is 0 Å². The summed E-state index contributed by atoms with van der Waals surface area (Å²) in [5.74, 6) is 0. The maximum Gasteiger partial charge on any atom is 0.0153 e. The zero-order chi connectivity index (χ0) is 22.5. The maximum absolute atomic E-state index is 2.67. The summed E-state index contributed by atoms with van der Waals surface area (Å²) in [6.45, 7) is 20.3. The van der Waals surface area contributed by atoms with Crippen molar-refractivity contribution < 1.29 is 0 Å². The maximum atomic E-state index is 2.67. The molecule has 0 atom stereocenters. The number of unbranched alkanes of at least 4 members (excludes halogenated alkanes) is 12. The lowest BCUT2D eigenvalue weighted by molar-refractivity contribution is 0.115. The molecule has 0 bridgehead atoms. The minimum Gasteiger partial charge on any atom is -0.304 e. The van der Waals surface area contributed by atoms with Crippen molar-refractivity contribution in [3.63, 3.8) is 0 Å². The first-order valence-corrected chi connectivity index (χ1v) is 14.0. The van der Waals surface area contributed by atoms with Gasteiger partial charge in [0.1, 0.15) is 0 Å². The largest absolute Gasteiger partial charge is 0.304 e. The van der Waals surface area contributed by atoms with Crippen molar-refractivity contribution in [2.24, 2.45) is 0 Å². The van der Waals surface area contributed by atoms with Crippen LogP contribution in [0.5, 0.6) is 0 Å². The highest BCUT2D eigenvalue weighted by molar-refractivity contribution is 4.80. The monoisotopic (exact) mass is 424 g/mol. The van der Waals surface area contributed by atoms with Crippen molar-refractivity contribution >= 4 is 0 Å². The van der Waals surface area contributed by atoms with Crippen LogP contribution in [-0.4, -0.2) is 48.1 Å². The van der Waals surface area contributed by atoms with E-state index in [0.717, 1.165) is 0 Å². The van der Waals surface area contributed by atoms with Gasteiger partial charge in [-0.25, -0.2) is 0 Å². The van der Waals surface area contributed by atoms with Crippen LogP contribution in [0.25, 0.3) is 0 Å². The molecule has 0 spiro atoms. The number of nitrogens with zero attached hydrogens (tertiary/aromatic N) is 2. The van der Waals surface area contributed by atoms with Crippen molar-refractivity contribution in [1.82, 2.24) is 9.80 Å². The van der Waals surface area contributed by atoms with E-state index >= 15 is 0 Å². The van der Waals surface area contributed by atoms with Crippen LogP contribution in [0.3, 0.4) is 0 Å². The van der Waals surface area contributed by atoms with Crippen molar-refractivity contribution in [2.75, 3.05) is 32.7 Å². The van der Waals surface area contributed by atoms with Gasteiger partial charge in [-0.3, -0.25) is 4.90 Å². The zero-order valence-corrected chi connectivity index (χ0v) is 22.2. The third-order valence-electron chi connectivity index (χ3n) is 6.98. The Bertz CT molecular complexity index is 340. The molecule has 0 amide bonds. The Balaban J connectivity index is 3.39. The highest BCUT2D eigenvalue weighted by atomic mass is 15.2. The number of rotatable bonds is 23.